The summed E-state index contributed by atoms with van der Waals surface area (Å²) in [6.07, 6.45) is 3.46. The molecule has 0 atom stereocenters. The van der Waals surface area contributed by atoms with Gasteiger partial charge in [-0.1, -0.05) is 48.5 Å². The lowest BCUT2D eigenvalue weighted by molar-refractivity contribution is 0.101. The minimum Gasteiger partial charge on any atom is -0.383 e. The fourth-order valence-corrected chi connectivity index (χ4v) is 3.27. The van der Waals surface area contributed by atoms with E-state index in [2.05, 4.69) is 27.1 Å². The van der Waals surface area contributed by atoms with Gasteiger partial charge in [-0.3, -0.25) is 9.48 Å². The van der Waals surface area contributed by atoms with Crippen LogP contribution < -0.4 is 5.32 Å². The van der Waals surface area contributed by atoms with E-state index in [1.807, 2.05) is 48.5 Å². The molecule has 0 aliphatic carbocycles. The number of fused-ring (bicyclic) bond motifs is 1. The summed E-state index contributed by atoms with van der Waals surface area (Å²) >= 11 is 0. The van der Waals surface area contributed by atoms with Crippen molar-refractivity contribution in [3.63, 3.8) is 0 Å². The van der Waals surface area contributed by atoms with Gasteiger partial charge >= 0.3 is 0 Å². The Balaban J connectivity index is 1.62. The lowest BCUT2D eigenvalue weighted by Crippen LogP contribution is -2.17. The molecule has 0 aliphatic heterocycles. The Morgan fingerprint density at radius 3 is 2.71 bits per heavy atom. The quantitative estimate of drug-likeness (QED) is 0.535. The average Bonchev–Trinajstić information content (AvgIpc) is 3.32. The third-order valence-electron chi connectivity index (χ3n) is 4.64. The number of para-hydroxylation sites is 1. The fraction of sp³-hybridized carbons (Fsp3) is 0.182. The van der Waals surface area contributed by atoms with E-state index in [0.717, 1.165) is 16.5 Å². The molecule has 2 aromatic heterocycles. The number of methoxy groups -OCH3 is 1. The molecule has 4 rings (SSSR count). The number of hydrogen-bond donors (Lipinski definition) is 1. The number of carbonyl (C=O) groups is 1. The van der Waals surface area contributed by atoms with Crippen LogP contribution in [0.4, 0.5) is 5.69 Å². The van der Waals surface area contributed by atoms with Gasteiger partial charge in [0, 0.05) is 30.8 Å². The van der Waals surface area contributed by atoms with Gasteiger partial charge < -0.3 is 14.6 Å². The highest BCUT2D eigenvalue weighted by molar-refractivity contribution is 6.06. The van der Waals surface area contributed by atoms with Crippen molar-refractivity contribution >= 4 is 22.5 Å². The molecule has 0 bridgehead atoms. The van der Waals surface area contributed by atoms with Gasteiger partial charge in [0.1, 0.15) is 5.69 Å². The second kappa shape index (κ2) is 8.10. The number of nitrogens with zero attached hydrogens (tertiary/aromatic N) is 3. The van der Waals surface area contributed by atoms with Gasteiger partial charge in [-0.2, -0.15) is 5.10 Å². The summed E-state index contributed by atoms with van der Waals surface area (Å²) in [5.41, 5.74) is 3.46. The first-order chi connectivity index (χ1) is 13.7. The highest BCUT2D eigenvalue weighted by Crippen LogP contribution is 2.22. The zero-order valence-electron chi connectivity index (χ0n) is 15.7. The zero-order chi connectivity index (χ0) is 19.3. The maximum absolute atomic E-state index is 13.0. The topological polar surface area (TPSA) is 61.1 Å². The zero-order valence-corrected chi connectivity index (χ0v) is 15.7. The lowest BCUT2D eigenvalue weighted by Gasteiger charge is -2.11. The van der Waals surface area contributed by atoms with Crippen LogP contribution in [-0.2, 0) is 17.8 Å². The summed E-state index contributed by atoms with van der Waals surface area (Å²) in [7, 11) is 1.65. The number of hydrogen-bond acceptors (Lipinski definition) is 3. The third-order valence-corrected chi connectivity index (χ3v) is 4.64. The molecule has 142 valence electrons. The fourth-order valence-electron chi connectivity index (χ4n) is 3.27. The number of rotatable bonds is 7. The summed E-state index contributed by atoms with van der Waals surface area (Å²) in [5.74, 6) is -0.154. The molecule has 6 nitrogen and oxygen atoms in total. The summed E-state index contributed by atoms with van der Waals surface area (Å²) < 4.78 is 8.86. The molecule has 2 aromatic carbocycles. The van der Waals surface area contributed by atoms with E-state index in [1.54, 1.807) is 24.2 Å². The van der Waals surface area contributed by atoms with Gasteiger partial charge in [0.15, 0.2) is 0 Å². The summed E-state index contributed by atoms with van der Waals surface area (Å²) in [4.78, 5) is 13.0. The molecule has 0 radical (unpaired) electrons. The van der Waals surface area contributed by atoms with E-state index in [0.29, 0.717) is 31.1 Å². The molecular weight excluding hydrogens is 352 g/mol. The van der Waals surface area contributed by atoms with Crippen molar-refractivity contribution in [2.24, 2.45) is 0 Å². The number of ether oxygens (including phenoxy) is 1. The lowest BCUT2D eigenvalue weighted by atomic mass is 10.2. The maximum atomic E-state index is 13.0. The van der Waals surface area contributed by atoms with Gasteiger partial charge in [-0.15, -0.1) is 0 Å². The highest BCUT2D eigenvalue weighted by Gasteiger charge is 2.16. The first kappa shape index (κ1) is 18.0. The van der Waals surface area contributed by atoms with Gasteiger partial charge in [0.05, 0.1) is 25.0 Å². The molecule has 0 spiro atoms. The van der Waals surface area contributed by atoms with Gasteiger partial charge in [-0.25, -0.2) is 0 Å². The Hall–Kier alpha value is -3.38. The minimum absolute atomic E-state index is 0.154. The van der Waals surface area contributed by atoms with Crippen molar-refractivity contribution in [1.82, 2.24) is 14.3 Å². The van der Waals surface area contributed by atoms with Gasteiger partial charge in [-0.05, 0) is 17.7 Å². The Kier molecular flexibility index (Phi) is 5.21. The van der Waals surface area contributed by atoms with E-state index in [-0.39, 0.29) is 5.91 Å². The number of nitrogens with one attached hydrogen (secondary N) is 1. The molecule has 0 saturated carbocycles. The Morgan fingerprint density at radius 2 is 1.89 bits per heavy atom. The van der Waals surface area contributed by atoms with Crippen molar-refractivity contribution in [3.05, 3.63) is 84.3 Å². The predicted molar refractivity (Wildman–Crippen MR) is 110 cm³/mol. The molecule has 0 saturated heterocycles. The monoisotopic (exact) mass is 374 g/mol. The SMILES string of the molecule is COCCn1cc(NC(=O)c2cc3ccccc3n2Cc2ccccc2)cn1. The smallest absolute Gasteiger partial charge is 0.272 e. The number of anilines is 1. The van der Waals surface area contributed by atoms with E-state index < -0.39 is 0 Å². The predicted octanol–water partition coefficient (Wildman–Crippen LogP) is 3.78. The summed E-state index contributed by atoms with van der Waals surface area (Å²) in [5, 5.41) is 8.25. The summed E-state index contributed by atoms with van der Waals surface area (Å²) in [6, 6.07) is 20.1. The van der Waals surface area contributed by atoms with Crippen LogP contribution in [0.5, 0.6) is 0 Å². The molecule has 1 N–H and O–H groups in total. The van der Waals surface area contributed by atoms with Crippen LogP contribution in [0.2, 0.25) is 0 Å². The van der Waals surface area contributed by atoms with Crippen molar-refractivity contribution < 1.29 is 9.53 Å². The molecule has 4 aromatic rings. The van der Waals surface area contributed by atoms with Crippen molar-refractivity contribution in [2.75, 3.05) is 19.0 Å². The molecule has 0 aliphatic rings. The van der Waals surface area contributed by atoms with Crippen molar-refractivity contribution in [1.29, 1.82) is 0 Å². The number of benzene rings is 2. The molecule has 2 heterocycles. The normalized spacial score (nSPS) is 11.0. The first-order valence-electron chi connectivity index (χ1n) is 9.19. The molecule has 6 heteroatoms. The van der Waals surface area contributed by atoms with E-state index in [4.69, 9.17) is 4.74 Å². The number of amides is 1. The first-order valence-corrected chi connectivity index (χ1v) is 9.19. The Bertz CT molecular complexity index is 1080. The van der Waals surface area contributed by atoms with Crippen LogP contribution in [-0.4, -0.2) is 34.0 Å². The van der Waals surface area contributed by atoms with Crippen LogP contribution in [0.25, 0.3) is 10.9 Å². The van der Waals surface area contributed by atoms with Crippen LogP contribution >= 0.6 is 0 Å². The standard InChI is InChI=1S/C22H22N4O2/c1-28-12-11-25-16-19(14-23-25)24-22(27)21-13-18-9-5-6-10-20(18)26(21)15-17-7-3-2-4-8-17/h2-10,13-14,16H,11-12,15H2,1H3,(H,24,27). The van der Waals surface area contributed by atoms with E-state index in [9.17, 15) is 4.79 Å². The van der Waals surface area contributed by atoms with Crippen LogP contribution in [0.15, 0.2) is 73.1 Å². The summed E-state index contributed by atoms with van der Waals surface area (Å²) in [6.45, 7) is 1.84. The average molecular weight is 374 g/mol. The third kappa shape index (κ3) is 3.82. The van der Waals surface area contributed by atoms with Gasteiger partial charge in [0.2, 0.25) is 0 Å². The molecule has 0 fully saturated rings. The molecular formula is C22H22N4O2. The van der Waals surface area contributed by atoms with Gasteiger partial charge in [0.25, 0.3) is 5.91 Å². The molecule has 1 amide bonds. The Labute approximate surface area is 163 Å². The highest BCUT2D eigenvalue weighted by atomic mass is 16.5. The van der Waals surface area contributed by atoms with Crippen molar-refractivity contribution in [2.45, 2.75) is 13.1 Å². The Morgan fingerprint density at radius 1 is 1.11 bits per heavy atom. The van der Waals surface area contributed by atoms with Crippen LogP contribution in [0, 0.1) is 0 Å². The molecule has 0 unspecified atom stereocenters. The second-order valence-electron chi connectivity index (χ2n) is 6.60. The van der Waals surface area contributed by atoms with Crippen LogP contribution in [0.1, 0.15) is 16.1 Å². The number of carbonyl (C=O) groups excluding carboxylic acids is 1. The van der Waals surface area contributed by atoms with E-state index in [1.165, 1.54) is 0 Å². The van der Waals surface area contributed by atoms with Crippen LogP contribution in [0.3, 0.4) is 0 Å². The second-order valence-corrected chi connectivity index (χ2v) is 6.60. The number of aromatic nitrogens is 3. The minimum atomic E-state index is -0.154. The van der Waals surface area contributed by atoms with Crippen molar-refractivity contribution in [3.8, 4) is 0 Å². The largest absolute Gasteiger partial charge is 0.383 e. The maximum Gasteiger partial charge on any atom is 0.272 e. The van der Waals surface area contributed by atoms with E-state index >= 15 is 0 Å². The molecule has 28 heavy (non-hydrogen) atoms.